The minimum Gasteiger partial charge on any atom is -0.481 e. The summed E-state index contributed by atoms with van der Waals surface area (Å²) in [5, 5.41) is 19.7. The van der Waals surface area contributed by atoms with Crippen LogP contribution in [0, 0.1) is 5.92 Å². The molecule has 0 saturated carbocycles. The molecular formula is C35H46N6O8. The number of aliphatic carboxylic acids is 1. The van der Waals surface area contributed by atoms with Gasteiger partial charge in [-0.1, -0.05) is 74.5 Å². The quantitative estimate of drug-likeness (QED) is 0.138. The minimum atomic E-state index is -1.53. The van der Waals surface area contributed by atoms with Gasteiger partial charge in [0.15, 0.2) is 0 Å². The van der Waals surface area contributed by atoms with Gasteiger partial charge in [-0.2, -0.15) is 0 Å². The summed E-state index contributed by atoms with van der Waals surface area (Å²) in [4.78, 5) is 91.3. The molecule has 264 valence electrons. The van der Waals surface area contributed by atoms with Crippen molar-refractivity contribution < 1.29 is 38.7 Å². The van der Waals surface area contributed by atoms with Crippen LogP contribution >= 0.6 is 0 Å². The monoisotopic (exact) mass is 678 g/mol. The van der Waals surface area contributed by atoms with Crippen molar-refractivity contribution >= 4 is 41.4 Å². The van der Waals surface area contributed by atoms with Gasteiger partial charge < -0.3 is 37.0 Å². The van der Waals surface area contributed by atoms with E-state index >= 15 is 0 Å². The number of nitrogens with one attached hydrogen (secondary N) is 4. The van der Waals surface area contributed by atoms with Gasteiger partial charge in [0.25, 0.3) is 0 Å². The van der Waals surface area contributed by atoms with Crippen molar-refractivity contribution in [3.8, 4) is 0 Å². The molecule has 6 amide bonds. The molecule has 1 aliphatic heterocycles. The summed E-state index contributed by atoms with van der Waals surface area (Å²) in [5.41, 5.74) is 6.71. The van der Waals surface area contributed by atoms with Gasteiger partial charge in [-0.05, 0) is 36.3 Å². The number of hydrogen-bond donors (Lipinski definition) is 6. The van der Waals surface area contributed by atoms with Gasteiger partial charge in [-0.15, -0.1) is 0 Å². The molecule has 0 unspecified atom stereocenters. The van der Waals surface area contributed by atoms with E-state index in [-0.39, 0.29) is 30.6 Å². The van der Waals surface area contributed by atoms with Gasteiger partial charge in [0.2, 0.25) is 35.4 Å². The van der Waals surface area contributed by atoms with Crippen molar-refractivity contribution in [1.29, 1.82) is 0 Å². The summed E-state index contributed by atoms with van der Waals surface area (Å²) in [6, 6.07) is 11.9. The number of nitrogens with zero attached hydrogens (tertiary/aromatic N) is 1. The first-order valence-electron chi connectivity index (χ1n) is 16.3. The van der Waals surface area contributed by atoms with Crippen LogP contribution in [0.5, 0.6) is 0 Å². The first kappa shape index (κ1) is 38.2. The fourth-order valence-electron chi connectivity index (χ4n) is 5.77. The number of rotatable bonds is 17. The van der Waals surface area contributed by atoms with E-state index < -0.39 is 66.2 Å². The molecule has 1 heterocycles. The van der Waals surface area contributed by atoms with Gasteiger partial charge in [-0.25, -0.2) is 0 Å². The third-order valence-corrected chi connectivity index (χ3v) is 8.09. The van der Waals surface area contributed by atoms with E-state index in [0.717, 1.165) is 0 Å². The number of benzene rings is 2. The van der Waals surface area contributed by atoms with E-state index in [1.807, 2.05) is 13.8 Å². The molecule has 1 saturated heterocycles. The third kappa shape index (κ3) is 12.0. The lowest BCUT2D eigenvalue weighted by atomic mass is 10.0. The van der Waals surface area contributed by atoms with E-state index in [0.29, 0.717) is 36.9 Å². The number of carboxylic acid groups (broad SMARTS) is 1. The second kappa shape index (κ2) is 18.3. The molecule has 1 aliphatic rings. The maximum Gasteiger partial charge on any atom is 0.305 e. The summed E-state index contributed by atoms with van der Waals surface area (Å²) in [7, 11) is 0. The second-order valence-electron chi connectivity index (χ2n) is 12.6. The smallest absolute Gasteiger partial charge is 0.305 e. The predicted octanol–water partition coefficient (Wildman–Crippen LogP) is 0.428. The van der Waals surface area contributed by atoms with Crippen LogP contribution in [0.15, 0.2) is 60.7 Å². The summed E-state index contributed by atoms with van der Waals surface area (Å²) in [6.07, 6.45) is 0.553. The Labute approximate surface area is 285 Å². The van der Waals surface area contributed by atoms with Crippen LogP contribution < -0.4 is 27.0 Å². The Bertz CT molecular complexity index is 1490. The molecule has 0 spiro atoms. The molecule has 1 fully saturated rings. The number of carbonyl (C=O) groups excluding carboxylic acids is 6. The maximum absolute atomic E-state index is 13.9. The molecule has 0 radical (unpaired) electrons. The average molecular weight is 679 g/mol. The first-order valence-corrected chi connectivity index (χ1v) is 16.3. The zero-order valence-electron chi connectivity index (χ0n) is 28.0. The highest BCUT2D eigenvalue weighted by atomic mass is 16.4. The standard InChI is InChI=1S/C35H46N6O8/c1-21(2)17-28(37-22(3)42)35(49)41-16-10-15-29(41)34(48)40-27(19-24-13-8-5-9-14-24)33(47)39-26(18-23-11-6-4-7-12-23)32(46)38-25(31(36)45)20-30(43)44/h4-9,11-14,21,25-29H,10,15-20H2,1-3H3,(H2,36,45)(H,37,42)(H,38,46)(H,39,47)(H,40,48)(H,43,44)/t25-,26+,27+,28-,29-/m0/s1. The molecular weight excluding hydrogens is 632 g/mol. The summed E-state index contributed by atoms with van der Waals surface area (Å²) in [5.74, 6) is -5.17. The predicted molar refractivity (Wildman–Crippen MR) is 179 cm³/mol. The van der Waals surface area contributed by atoms with Crippen LogP contribution in [0.1, 0.15) is 57.6 Å². The fourth-order valence-corrected chi connectivity index (χ4v) is 5.77. The van der Waals surface area contributed by atoms with Crippen molar-refractivity contribution in [3.05, 3.63) is 71.8 Å². The number of likely N-dealkylation sites (tertiary alicyclic amines) is 1. The van der Waals surface area contributed by atoms with Gasteiger partial charge in [0.05, 0.1) is 6.42 Å². The van der Waals surface area contributed by atoms with Crippen LogP contribution in [-0.2, 0) is 46.4 Å². The molecule has 0 bridgehead atoms. The van der Waals surface area contributed by atoms with Gasteiger partial charge in [0.1, 0.15) is 30.2 Å². The fraction of sp³-hybridized carbons (Fsp3) is 0.457. The van der Waals surface area contributed by atoms with Crippen molar-refractivity contribution in [2.45, 2.75) is 89.5 Å². The second-order valence-corrected chi connectivity index (χ2v) is 12.6. The Kier molecular flexibility index (Phi) is 14.3. The lowest BCUT2D eigenvalue weighted by Gasteiger charge is -2.30. The van der Waals surface area contributed by atoms with E-state index in [9.17, 15) is 38.7 Å². The molecule has 49 heavy (non-hydrogen) atoms. The Hall–Kier alpha value is -5.27. The number of hydrogen-bond acceptors (Lipinski definition) is 7. The first-order chi connectivity index (χ1) is 23.2. The molecule has 2 aromatic carbocycles. The van der Waals surface area contributed by atoms with E-state index in [2.05, 4.69) is 21.3 Å². The van der Waals surface area contributed by atoms with E-state index in [1.165, 1.54) is 11.8 Å². The summed E-state index contributed by atoms with van der Waals surface area (Å²) >= 11 is 0. The third-order valence-electron chi connectivity index (χ3n) is 8.09. The van der Waals surface area contributed by atoms with Crippen molar-refractivity contribution in [2.24, 2.45) is 11.7 Å². The number of primary amides is 1. The number of carbonyl (C=O) groups is 7. The van der Waals surface area contributed by atoms with E-state index in [4.69, 9.17) is 5.73 Å². The number of amides is 6. The highest BCUT2D eigenvalue weighted by Gasteiger charge is 2.39. The molecule has 14 nitrogen and oxygen atoms in total. The highest BCUT2D eigenvalue weighted by molar-refractivity contribution is 5.97. The minimum absolute atomic E-state index is 0.0196. The van der Waals surface area contributed by atoms with Gasteiger partial charge >= 0.3 is 5.97 Å². The maximum atomic E-state index is 13.9. The van der Waals surface area contributed by atoms with Crippen molar-refractivity contribution in [2.75, 3.05) is 6.54 Å². The van der Waals surface area contributed by atoms with Crippen LogP contribution in [-0.4, -0.2) is 88.2 Å². The van der Waals surface area contributed by atoms with Crippen molar-refractivity contribution in [1.82, 2.24) is 26.2 Å². The zero-order chi connectivity index (χ0) is 36.1. The molecule has 7 N–H and O–H groups in total. The number of carboxylic acids is 1. The summed E-state index contributed by atoms with van der Waals surface area (Å²) in [6.45, 7) is 5.48. The largest absolute Gasteiger partial charge is 0.481 e. The Morgan fingerprint density at radius 1 is 0.776 bits per heavy atom. The molecule has 0 aromatic heterocycles. The van der Waals surface area contributed by atoms with Crippen LogP contribution in [0.4, 0.5) is 0 Å². The molecule has 5 atom stereocenters. The topological polar surface area (TPSA) is 217 Å². The lowest BCUT2D eigenvalue weighted by Crippen LogP contribution is -2.59. The Morgan fingerprint density at radius 2 is 1.29 bits per heavy atom. The number of nitrogens with two attached hydrogens (primary N) is 1. The van der Waals surface area contributed by atoms with E-state index in [1.54, 1.807) is 60.7 Å². The Balaban J connectivity index is 1.87. The molecule has 2 aromatic rings. The van der Waals surface area contributed by atoms with Crippen LogP contribution in [0.3, 0.4) is 0 Å². The average Bonchev–Trinajstić information content (AvgIpc) is 3.54. The molecule has 3 rings (SSSR count). The van der Waals surface area contributed by atoms with Crippen molar-refractivity contribution in [3.63, 3.8) is 0 Å². The lowest BCUT2D eigenvalue weighted by molar-refractivity contribution is -0.142. The normalized spacial score (nSPS) is 16.5. The summed E-state index contributed by atoms with van der Waals surface area (Å²) < 4.78 is 0. The zero-order valence-corrected chi connectivity index (χ0v) is 28.0. The molecule has 0 aliphatic carbocycles. The van der Waals surface area contributed by atoms with Gasteiger partial charge in [0, 0.05) is 26.3 Å². The van der Waals surface area contributed by atoms with Crippen LogP contribution in [0.2, 0.25) is 0 Å². The van der Waals surface area contributed by atoms with Crippen LogP contribution in [0.25, 0.3) is 0 Å². The highest BCUT2D eigenvalue weighted by Crippen LogP contribution is 2.21. The SMILES string of the molecule is CC(=O)N[C@@H](CC(C)C)C(=O)N1CCC[C@H]1C(=O)N[C@H](Cc1ccccc1)C(=O)N[C@H](Cc1ccccc1)C(=O)N[C@@H](CC(=O)O)C(N)=O. The molecule has 14 heteroatoms. The Morgan fingerprint density at radius 3 is 1.76 bits per heavy atom. The van der Waals surface area contributed by atoms with Gasteiger partial charge in [-0.3, -0.25) is 33.6 Å².